The number of hydrogen-bond donors (Lipinski definition) is 2. The third-order valence-electron chi connectivity index (χ3n) is 1.79. The molecule has 1 atom stereocenters. The fourth-order valence-electron chi connectivity index (χ4n) is 1.00. The Labute approximate surface area is 80.6 Å². The van der Waals surface area contributed by atoms with Crippen LogP contribution < -0.4 is 0 Å². The molecule has 0 amide bonds. The lowest BCUT2D eigenvalue weighted by Gasteiger charge is -2.08. The normalized spacial score (nSPS) is 12.5. The number of carbonyl (C=O) groups excluding carboxylic acids is 1. The van der Waals surface area contributed by atoms with E-state index in [0.717, 1.165) is 6.07 Å². The molecule has 70 valence electrons. The van der Waals surface area contributed by atoms with Gasteiger partial charge in [0.05, 0.1) is 5.02 Å². The van der Waals surface area contributed by atoms with Gasteiger partial charge in [-0.15, -0.1) is 0 Å². The Hall–Kier alpha value is -1.22. The summed E-state index contributed by atoms with van der Waals surface area (Å²) in [5.41, 5.74) is 0.415. The Morgan fingerprint density at radius 1 is 1.38 bits per heavy atom. The second-order valence-corrected chi connectivity index (χ2v) is 3.19. The number of aldehydes is 1. The number of phenolic OH excluding ortho intramolecular Hbond substituents is 2. The fourth-order valence-corrected chi connectivity index (χ4v) is 1.18. The molecule has 0 aliphatic rings. The smallest absolute Gasteiger partial charge is 0.137 e. The first-order chi connectivity index (χ1) is 6.06. The second kappa shape index (κ2) is 3.66. The van der Waals surface area contributed by atoms with Gasteiger partial charge in [-0.25, -0.2) is 0 Å². The van der Waals surface area contributed by atoms with Crippen molar-refractivity contribution in [3.8, 4) is 11.5 Å². The summed E-state index contributed by atoms with van der Waals surface area (Å²) in [6.07, 6.45) is 0.697. The molecule has 0 aromatic heterocycles. The van der Waals surface area contributed by atoms with Crippen LogP contribution in [-0.2, 0) is 4.79 Å². The molecule has 4 heteroatoms. The number of phenols is 2. The summed E-state index contributed by atoms with van der Waals surface area (Å²) in [5.74, 6) is -0.749. The lowest BCUT2D eigenvalue weighted by Crippen LogP contribution is -1.94. The summed E-state index contributed by atoms with van der Waals surface area (Å²) in [5, 5.41) is 18.6. The highest BCUT2D eigenvalue weighted by Crippen LogP contribution is 2.34. The minimum atomic E-state index is -0.432. The van der Waals surface area contributed by atoms with Crippen LogP contribution in [0.2, 0.25) is 5.02 Å². The topological polar surface area (TPSA) is 57.5 Å². The van der Waals surface area contributed by atoms with Gasteiger partial charge in [0.1, 0.15) is 17.8 Å². The molecule has 0 bridgehead atoms. The van der Waals surface area contributed by atoms with E-state index in [9.17, 15) is 9.90 Å². The van der Waals surface area contributed by atoms with Crippen molar-refractivity contribution >= 4 is 17.9 Å². The van der Waals surface area contributed by atoms with Crippen LogP contribution in [0.1, 0.15) is 18.4 Å². The van der Waals surface area contributed by atoms with Crippen LogP contribution in [0.3, 0.4) is 0 Å². The molecule has 0 heterocycles. The van der Waals surface area contributed by atoms with Gasteiger partial charge in [-0.2, -0.15) is 0 Å². The van der Waals surface area contributed by atoms with Crippen molar-refractivity contribution < 1.29 is 15.0 Å². The quantitative estimate of drug-likeness (QED) is 0.719. The summed E-state index contributed by atoms with van der Waals surface area (Å²) in [7, 11) is 0. The first-order valence-electron chi connectivity index (χ1n) is 3.73. The van der Waals surface area contributed by atoms with Crippen LogP contribution in [-0.4, -0.2) is 16.5 Å². The standard InChI is InChI=1S/C9H9ClO3/c1-5(4-11)6-2-7(10)9(13)3-8(6)12/h2-5,12-13H,1H3. The van der Waals surface area contributed by atoms with Gasteiger partial charge in [-0.05, 0) is 6.07 Å². The van der Waals surface area contributed by atoms with E-state index in [1.807, 2.05) is 0 Å². The third kappa shape index (κ3) is 1.92. The van der Waals surface area contributed by atoms with Crippen molar-refractivity contribution in [2.45, 2.75) is 12.8 Å². The molecule has 0 radical (unpaired) electrons. The van der Waals surface area contributed by atoms with E-state index in [2.05, 4.69) is 0 Å². The first-order valence-corrected chi connectivity index (χ1v) is 4.10. The van der Waals surface area contributed by atoms with Gasteiger partial charge in [0.15, 0.2) is 0 Å². The van der Waals surface area contributed by atoms with Crippen molar-refractivity contribution in [1.29, 1.82) is 0 Å². The Morgan fingerprint density at radius 2 is 2.00 bits per heavy atom. The highest BCUT2D eigenvalue weighted by Gasteiger charge is 2.12. The van der Waals surface area contributed by atoms with Gasteiger partial charge >= 0.3 is 0 Å². The zero-order valence-corrected chi connectivity index (χ0v) is 7.75. The lowest BCUT2D eigenvalue weighted by molar-refractivity contribution is -0.108. The summed E-state index contributed by atoms with van der Waals surface area (Å²) >= 11 is 5.61. The monoisotopic (exact) mass is 200 g/mol. The van der Waals surface area contributed by atoms with Gasteiger partial charge in [-0.1, -0.05) is 18.5 Å². The van der Waals surface area contributed by atoms with Crippen LogP contribution >= 0.6 is 11.6 Å². The molecule has 13 heavy (non-hydrogen) atoms. The van der Waals surface area contributed by atoms with Crippen LogP contribution in [0.4, 0.5) is 0 Å². The number of aromatic hydroxyl groups is 2. The minimum absolute atomic E-state index is 0.124. The zero-order valence-electron chi connectivity index (χ0n) is 6.99. The van der Waals surface area contributed by atoms with Crippen LogP contribution in [0.25, 0.3) is 0 Å². The predicted octanol–water partition coefficient (Wildman–Crippen LogP) is 2.05. The minimum Gasteiger partial charge on any atom is -0.508 e. The SMILES string of the molecule is CC(C=O)c1cc(Cl)c(O)cc1O. The molecular weight excluding hydrogens is 192 g/mol. The van der Waals surface area contributed by atoms with Crippen LogP contribution in [0.15, 0.2) is 12.1 Å². The van der Waals surface area contributed by atoms with Gasteiger partial charge in [0, 0.05) is 17.5 Å². The molecule has 0 aliphatic carbocycles. The number of hydrogen-bond acceptors (Lipinski definition) is 3. The summed E-state index contributed by atoms with van der Waals surface area (Å²) in [6, 6.07) is 2.50. The molecule has 2 N–H and O–H groups in total. The molecule has 0 spiro atoms. The van der Waals surface area contributed by atoms with Crippen molar-refractivity contribution in [1.82, 2.24) is 0 Å². The molecular formula is C9H9ClO3. The number of rotatable bonds is 2. The first kappa shape index (κ1) is 9.86. The molecule has 1 aromatic rings. The highest BCUT2D eigenvalue weighted by atomic mass is 35.5. The van der Waals surface area contributed by atoms with Crippen LogP contribution in [0.5, 0.6) is 11.5 Å². The van der Waals surface area contributed by atoms with E-state index >= 15 is 0 Å². The summed E-state index contributed by atoms with van der Waals surface area (Å²) in [6.45, 7) is 1.63. The third-order valence-corrected chi connectivity index (χ3v) is 2.09. The average Bonchev–Trinajstić information content (AvgIpc) is 2.10. The van der Waals surface area contributed by atoms with Gasteiger partial charge in [-0.3, -0.25) is 0 Å². The van der Waals surface area contributed by atoms with Gasteiger partial charge in [0.2, 0.25) is 0 Å². The van der Waals surface area contributed by atoms with E-state index in [4.69, 9.17) is 16.7 Å². The molecule has 0 fully saturated rings. The van der Waals surface area contributed by atoms with Gasteiger partial charge < -0.3 is 15.0 Å². The molecule has 1 aromatic carbocycles. The molecule has 0 saturated carbocycles. The molecule has 1 rings (SSSR count). The number of benzene rings is 1. The Balaban J connectivity index is 3.22. The summed E-state index contributed by atoms with van der Waals surface area (Å²) < 4.78 is 0. The van der Waals surface area contributed by atoms with Gasteiger partial charge in [0.25, 0.3) is 0 Å². The van der Waals surface area contributed by atoms with E-state index in [1.165, 1.54) is 6.07 Å². The fraction of sp³-hybridized carbons (Fsp3) is 0.222. The lowest BCUT2D eigenvalue weighted by atomic mass is 10.0. The van der Waals surface area contributed by atoms with Crippen molar-refractivity contribution in [2.24, 2.45) is 0 Å². The Bertz CT molecular complexity index is 336. The maximum Gasteiger partial charge on any atom is 0.137 e. The molecule has 3 nitrogen and oxygen atoms in total. The maximum absolute atomic E-state index is 10.4. The van der Waals surface area contributed by atoms with Crippen LogP contribution in [0, 0.1) is 0 Å². The van der Waals surface area contributed by atoms with Crippen molar-refractivity contribution in [3.05, 3.63) is 22.7 Å². The van der Waals surface area contributed by atoms with E-state index in [0.29, 0.717) is 11.8 Å². The number of halogens is 1. The van der Waals surface area contributed by atoms with Crippen molar-refractivity contribution in [3.63, 3.8) is 0 Å². The predicted molar refractivity (Wildman–Crippen MR) is 49.3 cm³/mol. The molecule has 1 unspecified atom stereocenters. The molecule has 0 aliphatic heterocycles. The van der Waals surface area contributed by atoms with Crippen molar-refractivity contribution in [2.75, 3.05) is 0 Å². The second-order valence-electron chi connectivity index (χ2n) is 2.79. The average molecular weight is 201 g/mol. The van der Waals surface area contributed by atoms with E-state index in [1.54, 1.807) is 6.92 Å². The maximum atomic E-state index is 10.4. The Morgan fingerprint density at radius 3 is 2.54 bits per heavy atom. The number of carbonyl (C=O) groups is 1. The Kier molecular flexibility index (Phi) is 2.78. The highest BCUT2D eigenvalue weighted by molar-refractivity contribution is 6.32. The summed E-state index contributed by atoms with van der Waals surface area (Å²) in [4.78, 5) is 10.4. The molecule has 0 saturated heterocycles. The largest absolute Gasteiger partial charge is 0.508 e. The zero-order chi connectivity index (χ0) is 10.0. The van der Waals surface area contributed by atoms with E-state index < -0.39 is 5.92 Å². The van der Waals surface area contributed by atoms with E-state index in [-0.39, 0.29) is 16.5 Å².